The van der Waals surface area contributed by atoms with Gasteiger partial charge in [-0.3, -0.25) is 0 Å². The van der Waals surface area contributed by atoms with E-state index in [2.05, 4.69) is 24.7 Å². The molecule has 1 atom stereocenters. The Labute approximate surface area is 418 Å². The molecule has 2 aliphatic rings. The van der Waals surface area contributed by atoms with Crippen molar-refractivity contribution >= 4 is 75.8 Å². The molecule has 0 aliphatic carbocycles. The summed E-state index contributed by atoms with van der Waals surface area (Å²) in [4.78, 5) is 21.3. The van der Waals surface area contributed by atoms with Crippen LogP contribution in [0.25, 0.3) is 22.4 Å². The highest BCUT2D eigenvalue weighted by Gasteiger charge is 2.32. The lowest BCUT2D eigenvalue weighted by atomic mass is 9.96. The number of thioether (sulfide) groups is 2. The number of nitrogens with one attached hydrogen (secondary N) is 2. The van der Waals surface area contributed by atoms with Gasteiger partial charge in [0.1, 0.15) is 5.82 Å². The molecule has 2 saturated heterocycles. The number of halogens is 5. The van der Waals surface area contributed by atoms with E-state index in [1.807, 2.05) is 90.4 Å². The molecule has 0 saturated carbocycles. The Bertz CT molecular complexity index is 2680. The Hall–Kier alpha value is -4.97. The average molecular weight is 1020 g/mol. The lowest BCUT2D eigenvalue weighted by Crippen LogP contribution is -2.46. The molecule has 17 heteroatoms. The van der Waals surface area contributed by atoms with Gasteiger partial charge in [-0.15, -0.1) is 11.8 Å². The van der Waals surface area contributed by atoms with Gasteiger partial charge in [0.15, 0.2) is 0 Å². The summed E-state index contributed by atoms with van der Waals surface area (Å²) in [7, 11) is 0. The number of aromatic nitrogens is 1. The lowest BCUT2D eigenvalue weighted by molar-refractivity contribution is -0.0328. The molecule has 2 fully saturated rings. The number of anilines is 4. The van der Waals surface area contributed by atoms with Crippen LogP contribution in [0, 0.1) is 12.7 Å². The van der Waals surface area contributed by atoms with Gasteiger partial charge in [-0.05, 0) is 153 Å². The lowest BCUT2D eigenvalue weighted by Gasteiger charge is -2.37. The Morgan fingerprint density at radius 3 is 2.16 bits per heavy atom. The van der Waals surface area contributed by atoms with E-state index in [1.54, 1.807) is 43.0 Å². The van der Waals surface area contributed by atoms with Crippen molar-refractivity contribution in [1.29, 1.82) is 0 Å². The van der Waals surface area contributed by atoms with Crippen molar-refractivity contribution in [3.63, 3.8) is 0 Å². The first-order valence-electron chi connectivity index (χ1n) is 23.0. The highest BCUT2D eigenvalue weighted by molar-refractivity contribution is 8.01. The summed E-state index contributed by atoms with van der Waals surface area (Å²) in [6.45, 7) is 9.15. The second-order valence-electron chi connectivity index (χ2n) is 17.2. The number of piperidine rings is 1. The van der Waals surface area contributed by atoms with E-state index in [4.69, 9.17) is 11.6 Å². The molecule has 0 bridgehead atoms. The predicted molar refractivity (Wildman–Crippen MR) is 277 cm³/mol. The van der Waals surface area contributed by atoms with Crippen molar-refractivity contribution in [2.24, 2.45) is 0 Å². The zero-order chi connectivity index (χ0) is 48.7. The Morgan fingerprint density at radius 2 is 1.51 bits per heavy atom. The van der Waals surface area contributed by atoms with Crippen LogP contribution in [0.1, 0.15) is 42.2 Å². The van der Waals surface area contributed by atoms with Crippen molar-refractivity contribution in [2.45, 2.75) is 72.0 Å². The largest absolute Gasteiger partial charge is 0.478 e. The SMILES string of the molecule is CCn1c(C)c(C(=O)O)c(-c2cc(F)cc(N3CCN(c4ccc(NSc5ccc(NC(CCN6CCC(O)CC6)CSc6ccccc6)c(SC(F)(F)F)c5)cc4)CC3)c2)c1-c1ccc(Cl)cc1. The molecule has 6 aromatic rings. The van der Waals surface area contributed by atoms with Crippen molar-refractivity contribution in [3.05, 3.63) is 137 Å². The third-order valence-corrected chi connectivity index (χ3v) is 15.6. The molecule has 0 spiro atoms. The van der Waals surface area contributed by atoms with E-state index in [9.17, 15) is 28.2 Å². The summed E-state index contributed by atoms with van der Waals surface area (Å²) >= 11 is 9.01. The van der Waals surface area contributed by atoms with Gasteiger partial charge in [-0.1, -0.05) is 41.9 Å². The van der Waals surface area contributed by atoms with Crippen LogP contribution in [0.2, 0.25) is 5.02 Å². The third kappa shape index (κ3) is 13.1. The van der Waals surface area contributed by atoms with Gasteiger partial charge in [-0.25, -0.2) is 9.18 Å². The molecule has 0 amide bonds. The molecule has 1 unspecified atom stereocenters. The number of piperazine rings is 1. The summed E-state index contributed by atoms with van der Waals surface area (Å²) in [5.41, 5.74) is 1.55. The van der Waals surface area contributed by atoms with E-state index >= 15 is 4.39 Å². The fourth-order valence-corrected chi connectivity index (χ4v) is 11.6. The summed E-state index contributed by atoms with van der Waals surface area (Å²) in [6.07, 6.45) is 1.92. The summed E-state index contributed by atoms with van der Waals surface area (Å²) in [6, 6.07) is 34.9. The minimum Gasteiger partial charge on any atom is -0.478 e. The van der Waals surface area contributed by atoms with Crippen molar-refractivity contribution in [3.8, 4) is 22.4 Å². The van der Waals surface area contributed by atoms with E-state index in [0.717, 1.165) is 60.7 Å². The molecule has 1 aromatic heterocycles. The van der Waals surface area contributed by atoms with Gasteiger partial charge in [-0.2, -0.15) is 13.2 Å². The first-order valence-corrected chi connectivity index (χ1v) is 26.0. The molecule has 8 rings (SSSR count). The smallest absolute Gasteiger partial charge is 0.446 e. The number of aliphatic hydroxyl groups is 1. The van der Waals surface area contributed by atoms with Gasteiger partial charge < -0.3 is 39.5 Å². The van der Waals surface area contributed by atoms with Crippen LogP contribution in [0.4, 0.5) is 40.3 Å². The summed E-state index contributed by atoms with van der Waals surface area (Å²) < 4.78 is 62.8. The number of hydrogen-bond acceptors (Lipinski definition) is 10. The summed E-state index contributed by atoms with van der Waals surface area (Å²) in [5.74, 6) is -0.868. The van der Waals surface area contributed by atoms with E-state index in [1.165, 1.54) is 24.1 Å². The number of carboxylic acids is 1. The van der Waals surface area contributed by atoms with Crippen LogP contribution in [0.5, 0.6) is 0 Å². The Kier molecular flexibility index (Phi) is 16.7. The van der Waals surface area contributed by atoms with Gasteiger partial charge >= 0.3 is 11.5 Å². The maximum absolute atomic E-state index is 15.6. The maximum atomic E-state index is 15.6. The zero-order valence-electron chi connectivity index (χ0n) is 38.3. The number of aliphatic hydroxyl groups excluding tert-OH is 1. The average Bonchev–Trinajstić information content (AvgIpc) is 3.65. The Balaban J connectivity index is 0.914. The second-order valence-corrected chi connectivity index (χ2v) is 20.7. The first kappa shape index (κ1) is 50.4. The molecule has 69 heavy (non-hydrogen) atoms. The van der Waals surface area contributed by atoms with Crippen LogP contribution in [-0.2, 0) is 6.54 Å². The first-order chi connectivity index (χ1) is 33.2. The molecule has 4 N–H and O–H groups in total. The summed E-state index contributed by atoms with van der Waals surface area (Å²) in [5, 5.41) is 24.4. The number of carbonyl (C=O) groups is 1. The van der Waals surface area contributed by atoms with E-state index in [-0.39, 0.29) is 34.4 Å². The maximum Gasteiger partial charge on any atom is 0.446 e. The van der Waals surface area contributed by atoms with Crippen molar-refractivity contribution < 1.29 is 32.6 Å². The quantitative estimate of drug-likeness (QED) is 0.0377. The monoisotopic (exact) mass is 1020 g/mol. The minimum atomic E-state index is -4.48. The zero-order valence-corrected chi connectivity index (χ0v) is 41.5. The highest BCUT2D eigenvalue weighted by atomic mass is 35.5. The number of benzene rings is 5. The fraction of sp³-hybridized carbons (Fsp3) is 0.327. The fourth-order valence-electron chi connectivity index (χ4n) is 9.07. The van der Waals surface area contributed by atoms with Crippen molar-refractivity contribution in [2.75, 3.05) is 71.4 Å². The highest BCUT2D eigenvalue weighted by Crippen LogP contribution is 2.44. The predicted octanol–water partition coefficient (Wildman–Crippen LogP) is 13.1. The van der Waals surface area contributed by atoms with Crippen LogP contribution >= 0.6 is 47.1 Å². The van der Waals surface area contributed by atoms with Crippen LogP contribution < -0.4 is 19.8 Å². The molecule has 0 radical (unpaired) electrons. The van der Waals surface area contributed by atoms with Gasteiger partial charge in [0.2, 0.25) is 0 Å². The third-order valence-electron chi connectivity index (χ3n) is 12.6. The number of likely N-dealkylation sites (tertiary alicyclic amines) is 1. The molecule has 5 aromatic carbocycles. The molecule has 364 valence electrons. The number of rotatable bonds is 18. The number of carboxylic acid groups (broad SMARTS) is 1. The van der Waals surface area contributed by atoms with Crippen LogP contribution in [0.15, 0.2) is 130 Å². The Morgan fingerprint density at radius 1 is 0.826 bits per heavy atom. The van der Waals surface area contributed by atoms with Crippen molar-refractivity contribution in [1.82, 2.24) is 9.47 Å². The molecule has 2 aliphatic heterocycles. The van der Waals surface area contributed by atoms with E-state index in [0.29, 0.717) is 82.3 Å². The number of alkyl halides is 3. The van der Waals surface area contributed by atoms with Gasteiger partial charge in [0, 0.05) is 118 Å². The molecular formula is C52H55ClF4N6O3S3. The van der Waals surface area contributed by atoms with Gasteiger partial charge in [0.25, 0.3) is 0 Å². The normalized spacial score (nSPS) is 15.4. The van der Waals surface area contributed by atoms with Crippen LogP contribution in [0.3, 0.4) is 0 Å². The minimum absolute atomic E-state index is 0.0976. The number of hydrogen-bond donors (Lipinski definition) is 4. The van der Waals surface area contributed by atoms with Gasteiger partial charge in [0.05, 0.1) is 17.4 Å². The molecule has 3 heterocycles. The molecular weight excluding hydrogens is 964 g/mol. The second kappa shape index (κ2) is 22.8. The number of aromatic carboxylic acids is 1. The van der Waals surface area contributed by atoms with E-state index < -0.39 is 17.3 Å². The number of nitrogens with zero attached hydrogens (tertiary/aromatic N) is 4. The van der Waals surface area contributed by atoms with Crippen LogP contribution in [-0.4, -0.2) is 94.9 Å². The topological polar surface area (TPSA) is 96.2 Å². The standard InChI is InChI=1S/C52H55ClF4N6O3S3/c1-3-63-34(2)48(51(65)66)49(50(63)35-9-11-37(53)12-10-35)36-29-38(54)31-42(30-36)62-27-25-61(26-28-62)41-15-13-39(14-16-41)59-69-45-17-18-46(47(32-45)68-52(55,56)57)58-40(33-67-44-7-5-4-6-8-44)19-22-60-23-20-43(64)21-24-60/h4-18,29-32,40,43,58-59,64H,3,19-28,33H2,1-2H3,(H,65,66). The molecule has 9 nitrogen and oxygen atoms in total.